The number of nitrogens with zero attached hydrogens (tertiary/aromatic N) is 2. The largest absolute Gasteiger partial charge is 0.478 e. The molecule has 0 bridgehead atoms. The molecule has 1 amide bonds. The van der Waals surface area contributed by atoms with E-state index in [0.29, 0.717) is 29.6 Å². The van der Waals surface area contributed by atoms with Crippen LogP contribution in [0.15, 0.2) is 48.5 Å². The smallest absolute Gasteiger partial charge is 0.336 e. The monoisotopic (exact) mass is 541 g/mol. The molecule has 0 aliphatic carbocycles. The summed E-state index contributed by atoms with van der Waals surface area (Å²) in [5.74, 6) is 0.323. The molecule has 3 rings (SSSR count). The summed E-state index contributed by atoms with van der Waals surface area (Å²) >= 11 is 10.9. The second-order valence-corrected chi connectivity index (χ2v) is 9.97. The third-order valence-electron chi connectivity index (χ3n) is 6.55. The van der Waals surface area contributed by atoms with E-state index in [4.69, 9.17) is 11.6 Å². The maximum absolute atomic E-state index is 12.8. The summed E-state index contributed by atoms with van der Waals surface area (Å²) in [7, 11) is 0. The van der Waals surface area contributed by atoms with E-state index in [9.17, 15) is 14.7 Å². The lowest BCUT2D eigenvalue weighted by atomic mass is 9.99. The van der Waals surface area contributed by atoms with Crippen molar-refractivity contribution in [3.05, 3.63) is 76.3 Å². The molecule has 0 saturated carbocycles. The van der Waals surface area contributed by atoms with Gasteiger partial charge in [-0.3, -0.25) is 4.79 Å². The molecule has 1 atom stereocenters. The van der Waals surface area contributed by atoms with Crippen LogP contribution in [0.4, 0.5) is 0 Å². The summed E-state index contributed by atoms with van der Waals surface area (Å²) in [6, 6.07) is 14.9. The van der Waals surface area contributed by atoms with E-state index in [1.807, 2.05) is 36.4 Å². The summed E-state index contributed by atoms with van der Waals surface area (Å²) in [6.45, 7) is 5.10. The highest BCUT2D eigenvalue weighted by molar-refractivity contribution is 7.80. The Morgan fingerprint density at radius 2 is 1.78 bits per heavy atom. The first kappa shape index (κ1) is 28.8. The molecule has 0 radical (unpaired) electrons. The van der Waals surface area contributed by atoms with Crippen LogP contribution in [0.5, 0.6) is 0 Å². The maximum Gasteiger partial charge on any atom is 0.336 e. The average molecular weight is 542 g/mol. The number of benzene rings is 2. The minimum atomic E-state index is -0.949. The third kappa shape index (κ3) is 7.62. The minimum absolute atomic E-state index is 0.0103. The van der Waals surface area contributed by atoms with Crippen LogP contribution in [0.3, 0.4) is 0 Å². The van der Waals surface area contributed by atoms with Crippen molar-refractivity contribution >= 4 is 36.1 Å². The van der Waals surface area contributed by atoms with Crippen molar-refractivity contribution in [1.82, 2.24) is 14.9 Å². The molecule has 0 saturated heterocycles. The number of nitrogens with one attached hydrogen (secondary N) is 1. The van der Waals surface area contributed by atoms with Crippen molar-refractivity contribution in [2.45, 2.75) is 65.5 Å². The van der Waals surface area contributed by atoms with Crippen molar-refractivity contribution in [2.24, 2.45) is 5.92 Å². The van der Waals surface area contributed by atoms with Crippen molar-refractivity contribution < 1.29 is 14.7 Å². The van der Waals surface area contributed by atoms with Crippen LogP contribution >= 0.6 is 24.2 Å². The van der Waals surface area contributed by atoms with E-state index in [0.717, 1.165) is 61.2 Å². The number of aryl methyl sites for hydroxylation is 1. The van der Waals surface area contributed by atoms with Gasteiger partial charge in [-0.05, 0) is 35.6 Å². The molecule has 1 aromatic heterocycles. The Bertz CT molecular complexity index is 1190. The second-order valence-electron chi connectivity index (χ2n) is 9.24. The number of rotatable bonds is 14. The third-order valence-corrected chi connectivity index (χ3v) is 7.29. The van der Waals surface area contributed by atoms with Gasteiger partial charge in [-0.1, -0.05) is 87.2 Å². The fourth-order valence-electron chi connectivity index (χ4n) is 4.35. The summed E-state index contributed by atoms with van der Waals surface area (Å²) in [5, 5.41) is 13.0. The van der Waals surface area contributed by atoms with Crippen LogP contribution in [-0.4, -0.2) is 32.3 Å². The highest BCUT2D eigenvalue weighted by Crippen LogP contribution is 2.26. The molecule has 0 aliphatic heterocycles. The van der Waals surface area contributed by atoms with Gasteiger partial charge < -0.3 is 15.0 Å². The molecular formula is C29H36ClN3O3S. The number of halogens is 1. The fraction of sp³-hybridized carbons (Fsp3) is 0.414. The SMILES string of the molecule is CCCCc1nc(Cl)c(CNC(=O)C(CS)CCCC)n1Cc1ccc(-c2ccccc2C(=O)O)cc1. The normalized spacial score (nSPS) is 11.9. The van der Waals surface area contributed by atoms with Gasteiger partial charge in [0.25, 0.3) is 0 Å². The van der Waals surface area contributed by atoms with Crippen LogP contribution in [0.2, 0.25) is 5.15 Å². The number of amides is 1. The van der Waals surface area contributed by atoms with Gasteiger partial charge in [-0.15, -0.1) is 0 Å². The maximum atomic E-state index is 12.8. The number of aromatic carboxylic acids is 1. The fourth-order valence-corrected chi connectivity index (χ4v) is 4.97. The lowest BCUT2D eigenvalue weighted by Crippen LogP contribution is -2.32. The summed E-state index contributed by atoms with van der Waals surface area (Å²) < 4.78 is 2.10. The number of imidazole rings is 1. The van der Waals surface area contributed by atoms with Gasteiger partial charge in [0.15, 0.2) is 5.15 Å². The van der Waals surface area contributed by atoms with E-state index in [-0.39, 0.29) is 17.4 Å². The predicted octanol–water partition coefficient (Wildman–Crippen LogP) is 6.65. The molecule has 37 heavy (non-hydrogen) atoms. The topological polar surface area (TPSA) is 84.2 Å². The van der Waals surface area contributed by atoms with E-state index in [1.165, 1.54) is 0 Å². The lowest BCUT2D eigenvalue weighted by Gasteiger charge is -2.16. The lowest BCUT2D eigenvalue weighted by molar-refractivity contribution is -0.124. The average Bonchev–Trinajstić information content (AvgIpc) is 3.20. The Morgan fingerprint density at radius 3 is 2.43 bits per heavy atom. The molecule has 8 heteroatoms. The summed E-state index contributed by atoms with van der Waals surface area (Å²) in [5.41, 5.74) is 3.62. The number of hydrogen-bond acceptors (Lipinski definition) is 4. The number of thiol groups is 1. The molecule has 0 fully saturated rings. The number of hydrogen-bond donors (Lipinski definition) is 3. The molecule has 0 aliphatic rings. The Kier molecular flexibility index (Phi) is 11.1. The zero-order valence-electron chi connectivity index (χ0n) is 21.5. The highest BCUT2D eigenvalue weighted by Gasteiger charge is 2.20. The zero-order valence-corrected chi connectivity index (χ0v) is 23.2. The number of carboxylic acids is 1. The number of carboxylic acid groups (broad SMARTS) is 1. The molecule has 1 unspecified atom stereocenters. The highest BCUT2D eigenvalue weighted by atomic mass is 35.5. The zero-order chi connectivity index (χ0) is 26.8. The van der Waals surface area contributed by atoms with Gasteiger partial charge in [-0.2, -0.15) is 12.6 Å². The first-order chi connectivity index (χ1) is 17.9. The summed E-state index contributed by atoms with van der Waals surface area (Å²) in [6.07, 6.45) is 5.67. The molecule has 6 nitrogen and oxygen atoms in total. The van der Waals surface area contributed by atoms with Gasteiger partial charge in [0.2, 0.25) is 5.91 Å². The molecule has 0 spiro atoms. The van der Waals surface area contributed by atoms with Gasteiger partial charge in [0.05, 0.1) is 17.8 Å². The Balaban J connectivity index is 1.83. The first-order valence-corrected chi connectivity index (χ1v) is 13.9. The Labute approximate surface area is 229 Å². The van der Waals surface area contributed by atoms with Crippen LogP contribution in [-0.2, 0) is 24.3 Å². The summed E-state index contributed by atoms with van der Waals surface area (Å²) in [4.78, 5) is 29.0. The number of aromatic nitrogens is 2. The van der Waals surface area contributed by atoms with Crippen molar-refractivity contribution in [2.75, 3.05) is 5.75 Å². The molecule has 2 N–H and O–H groups in total. The molecule has 198 valence electrons. The second kappa shape index (κ2) is 14.2. The number of unbranched alkanes of at least 4 members (excludes halogenated alkanes) is 2. The van der Waals surface area contributed by atoms with Crippen LogP contribution in [0.25, 0.3) is 11.1 Å². The minimum Gasteiger partial charge on any atom is -0.478 e. The van der Waals surface area contributed by atoms with Gasteiger partial charge in [0.1, 0.15) is 5.82 Å². The number of carbonyl (C=O) groups excluding carboxylic acids is 1. The standard InChI is InChI=1S/C29H36ClN3O3S/c1-3-5-9-22(19-37)28(34)31-17-25-27(30)32-26(12-6-4-2)33(25)18-20-13-15-21(16-14-20)23-10-7-8-11-24(23)29(35)36/h7-8,10-11,13-16,22,37H,3-6,9,12,17-19H2,1-2H3,(H,31,34)(H,35,36). The van der Waals surface area contributed by atoms with Crippen LogP contribution in [0.1, 0.15) is 73.4 Å². The van der Waals surface area contributed by atoms with Gasteiger partial charge in [-0.25, -0.2) is 9.78 Å². The van der Waals surface area contributed by atoms with E-state index in [1.54, 1.807) is 12.1 Å². The molecule has 2 aromatic carbocycles. The van der Waals surface area contributed by atoms with E-state index < -0.39 is 5.97 Å². The van der Waals surface area contributed by atoms with E-state index >= 15 is 0 Å². The number of carbonyl (C=O) groups is 2. The molecule has 3 aromatic rings. The first-order valence-electron chi connectivity index (χ1n) is 12.9. The van der Waals surface area contributed by atoms with E-state index in [2.05, 4.69) is 41.3 Å². The Hall–Kier alpha value is -2.77. The van der Waals surface area contributed by atoms with Gasteiger partial charge in [0, 0.05) is 24.6 Å². The van der Waals surface area contributed by atoms with Crippen molar-refractivity contribution in [3.63, 3.8) is 0 Å². The molecule has 1 heterocycles. The van der Waals surface area contributed by atoms with Crippen LogP contribution in [0, 0.1) is 5.92 Å². The quantitative estimate of drug-likeness (QED) is 0.200. The van der Waals surface area contributed by atoms with Crippen molar-refractivity contribution in [1.29, 1.82) is 0 Å². The van der Waals surface area contributed by atoms with Gasteiger partial charge >= 0.3 is 5.97 Å². The van der Waals surface area contributed by atoms with Crippen molar-refractivity contribution in [3.8, 4) is 11.1 Å². The Morgan fingerprint density at radius 1 is 1.08 bits per heavy atom. The predicted molar refractivity (Wildman–Crippen MR) is 153 cm³/mol. The molecular weight excluding hydrogens is 506 g/mol. The van der Waals surface area contributed by atoms with Crippen LogP contribution < -0.4 is 5.32 Å².